The maximum atomic E-state index is 11.1. The van der Waals surface area contributed by atoms with E-state index in [0.717, 1.165) is 11.1 Å². The second kappa shape index (κ2) is 8.49. The molecule has 0 radical (unpaired) electrons. The van der Waals surface area contributed by atoms with E-state index in [-0.39, 0.29) is 17.6 Å². The number of carbonyl (C=O) groups excluding carboxylic acids is 1. The van der Waals surface area contributed by atoms with Gasteiger partial charge in [0.05, 0.1) is 11.9 Å². The number of thioether (sulfide) groups is 1. The number of hydrogen-bond donors (Lipinski definition) is 3. The van der Waals surface area contributed by atoms with Gasteiger partial charge in [-0.2, -0.15) is 0 Å². The highest BCUT2D eigenvalue weighted by Crippen LogP contribution is 2.29. The van der Waals surface area contributed by atoms with Crippen molar-refractivity contribution < 1.29 is 19.8 Å². The van der Waals surface area contributed by atoms with E-state index in [1.807, 2.05) is 24.3 Å². The van der Waals surface area contributed by atoms with E-state index in [4.69, 9.17) is 5.11 Å². The van der Waals surface area contributed by atoms with Crippen molar-refractivity contribution in [1.29, 1.82) is 0 Å². The number of carbonyl (C=O) groups is 2. The number of aliphatic carboxylic acids is 1. The predicted octanol–water partition coefficient (Wildman–Crippen LogP) is 1.69. The highest BCUT2D eigenvalue weighted by molar-refractivity contribution is 7.99. The highest BCUT2D eigenvalue weighted by atomic mass is 32.2. The first-order valence-electron chi connectivity index (χ1n) is 6.42. The fourth-order valence-electron chi connectivity index (χ4n) is 1.77. The molecule has 6 heteroatoms. The topological polar surface area (TPSA) is 86.6 Å². The molecule has 0 saturated carbocycles. The first-order valence-corrected chi connectivity index (χ1v) is 7.47. The van der Waals surface area contributed by atoms with Crippen LogP contribution in [0.1, 0.15) is 23.3 Å². The lowest BCUT2D eigenvalue weighted by atomic mass is 10.1. The van der Waals surface area contributed by atoms with Gasteiger partial charge < -0.3 is 15.5 Å². The monoisotopic (exact) mass is 309 g/mol. The molecule has 2 atom stereocenters. The Balaban J connectivity index is 2.74. The summed E-state index contributed by atoms with van der Waals surface area (Å²) < 4.78 is 0. The van der Waals surface area contributed by atoms with Crippen LogP contribution in [-0.2, 0) is 9.59 Å². The lowest BCUT2D eigenvalue weighted by Gasteiger charge is -2.18. The summed E-state index contributed by atoms with van der Waals surface area (Å²) in [5.74, 6) is -1.30. The Morgan fingerprint density at radius 2 is 2.19 bits per heavy atom. The summed E-state index contributed by atoms with van der Waals surface area (Å²) in [4.78, 5) is 22.1. The minimum atomic E-state index is -1.09. The van der Waals surface area contributed by atoms with Crippen molar-refractivity contribution in [2.45, 2.75) is 18.2 Å². The van der Waals surface area contributed by atoms with E-state index in [1.54, 1.807) is 6.08 Å². The Morgan fingerprint density at radius 3 is 2.71 bits per heavy atom. The van der Waals surface area contributed by atoms with Crippen molar-refractivity contribution in [3.8, 4) is 0 Å². The zero-order valence-electron chi connectivity index (χ0n) is 11.8. The number of aliphatic hydroxyl groups is 1. The van der Waals surface area contributed by atoms with Gasteiger partial charge in [0.15, 0.2) is 0 Å². The number of amides is 1. The molecule has 5 nitrogen and oxygen atoms in total. The van der Waals surface area contributed by atoms with Crippen molar-refractivity contribution in [2.75, 3.05) is 12.4 Å². The molecular weight excluding hydrogens is 290 g/mol. The third-order valence-corrected chi connectivity index (χ3v) is 4.17. The zero-order valence-corrected chi connectivity index (χ0v) is 12.6. The van der Waals surface area contributed by atoms with E-state index in [2.05, 4.69) is 11.9 Å². The Kier molecular flexibility index (Phi) is 6.98. The van der Waals surface area contributed by atoms with Crippen LogP contribution in [-0.4, -0.2) is 40.5 Å². The molecule has 1 amide bonds. The highest BCUT2D eigenvalue weighted by Gasteiger charge is 2.21. The van der Waals surface area contributed by atoms with Crippen molar-refractivity contribution in [1.82, 2.24) is 5.32 Å². The SMILES string of the molecule is C=Cc1cccc(C(CO)SC[C@H](NC(C)=O)C(=O)O)c1. The summed E-state index contributed by atoms with van der Waals surface area (Å²) in [7, 11) is 0. The molecule has 21 heavy (non-hydrogen) atoms. The van der Waals surface area contributed by atoms with Crippen LogP contribution in [0.25, 0.3) is 6.08 Å². The Hall–Kier alpha value is -1.79. The van der Waals surface area contributed by atoms with E-state index in [1.165, 1.54) is 18.7 Å². The molecule has 0 aliphatic rings. The number of nitrogens with one attached hydrogen (secondary N) is 1. The van der Waals surface area contributed by atoms with E-state index in [9.17, 15) is 14.7 Å². The molecule has 1 unspecified atom stereocenters. The van der Waals surface area contributed by atoms with Crippen LogP contribution in [0.3, 0.4) is 0 Å². The fraction of sp³-hybridized carbons (Fsp3) is 0.333. The average molecular weight is 309 g/mol. The summed E-state index contributed by atoms with van der Waals surface area (Å²) in [6.45, 7) is 4.85. The van der Waals surface area contributed by atoms with E-state index in [0.29, 0.717) is 0 Å². The lowest BCUT2D eigenvalue weighted by Crippen LogP contribution is -2.41. The smallest absolute Gasteiger partial charge is 0.327 e. The summed E-state index contributed by atoms with van der Waals surface area (Å²) in [6, 6.07) is 6.55. The largest absolute Gasteiger partial charge is 0.480 e. The van der Waals surface area contributed by atoms with E-state index >= 15 is 0 Å². The third-order valence-electron chi connectivity index (χ3n) is 2.82. The van der Waals surface area contributed by atoms with Crippen LogP contribution in [0, 0.1) is 0 Å². The second-order valence-corrected chi connectivity index (χ2v) is 5.71. The maximum absolute atomic E-state index is 11.1. The molecule has 1 rings (SSSR count). The summed E-state index contributed by atoms with van der Waals surface area (Å²) >= 11 is 1.29. The van der Waals surface area contributed by atoms with Crippen molar-refractivity contribution in [3.05, 3.63) is 42.0 Å². The molecule has 3 N–H and O–H groups in total. The van der Waals surface area contributed by atoms with Gasteiger partial charge >= 0.3 is 5.97 Å². The Labute approximate surface area is 128 Å². The van der Waals surface area contributed by atoms with Crippen LogP contribution >= 0.6 is 11.8 Å². The minimum absolute atomic E-state index is 0.113. The molecule has 0 bridgehead atoms. The van der Waals surface area contributed by atoms with Gasteiger partial charge in [0, 0.05) is 12.7 Å². The first-order chi connectivity index (χ1) is 9.97. The van der Waals surface area contributed by atoms with Gasteiger partial charge in [-0.3, -0.25) is 4.79 Å². The summed E-state index contributed by atoms with van der Waals surface area (Å²) in [5.41, 5.74) is 1.83. The number of carboxylic acid groups (broad SMARTS) is 1. The molecule has 0 saturated heterocycles. The molecule has 0 fully saturated rings. The summed E-state index contributed by atoms with van der Waals surface area (Å²) in [5, 5.41) is 20.7. The second-order valence-electron chi connectivity index (χ2n) is 4.47. The number of rotatable bonds is 8. The minimum Gasteiger partial charge on any atom is -0.480 e. The molecule has 114 valence electrons. The van der Waals surface area contributed by atoms with E-state index < -0.39 is 17.9 Å². The average Bonchev–Trinajstić information content (AvgIpc) is 2.46. The molecular formula is C15H19NO4S. The molecule has 0 aliphatic heterocycles. The van der Waals surface area contributed by atoms with Crippen LogP contribution in [0.5, 0.6) is 0 Å². The number of carboxylic acids is 1. The molecule has 0 heterocycles. The third kappa shape index (κ3) is 5.61. The van der Waals surface area contributed by atoms with Crippen molar-refractivity contribution in [2.24, 2.45) is 0 Å². The quantitative estimate of drug-likeness (QED) is 0.680. The fourth-order valence-corrected chi connectivity index (χ4v) is 2.87. The van der Waals surface area contributed by atoms with Crippen molar-refractivity contribution in [3.63, 3.8) is 0 Å². The molecule has 0 aromatic heterocycles. The number of aliphatic hydroxyl groups excluding tert-OH is 1. The van der Waals surface area contributed by atoms with Crippen LogP contribution in [0.15, 0.2) is 30.8 Å². The Bertz CT molecular complexity index is 518. The molecule has 1 aromatic carbocycles. The Morgan fingerprint density at radius 1 is 1.48 bits per heavy atom. The van der Waals surface area contributed by atoms with Gasteiger partial charge in [-0.25, -0.2) is 4.79 Å². The molecule has 0 spiro atoms. The van der Waals surface area contributed by atoms with Gasteiger partial charge in [-0.05, 0) is 11.1 Å². The number of benzene rings is 1. The van der Waals surface area contributed by atoms with Crippen LogP contribution in [0.4, 0.5) is 0 Å². The van der Waals surface area contributed by atoms with Crippen molar-refractivity contribution >= 4 is 29.7 Å². The van der Waals surface area contributed by atoms with Gasteiger partial charge in [0.1, 0.15) is 6.04 Å². The van der Waals surface area contributed by atoms with Crippen LogP contribution < -0.4 is 5.32 Å². The maximum Gasteiger partial charge on any atom is 0.327 e. The zero-order chi connectivity index (χ0) is 15.8. The van der Waals surface area contributed by atoms with Gasteiger partial charge in [-0.1, -0.05) is 36.9 Å². The molecule has 0 aliphatic carbocycles. The van der Waals surface area contributed by atoms with Gasteiger partial charge in [0.25, 0.3) is 0 Å². The first kappa shape index (κ1) is 17.3. The molecule has 1 aromatic rings. The number of hydrogen-bond acceptors (Lipinski definition) is 4. The van der Waals surface area contributed by atoms with Gasteiger partial charge in [-0.15, -0.1) is 11.8 Å². The normalized spacial score (nSPS) is 13.2. The van der Waals surface area contributed by atoms with Crippen LogP contribution in [0.2, 0.25) is 0 Å². The summed E-state index contributed by atoms with van der Waals surface area (Å²) in [6.07, 6.45) is 1.71. The predicted molar refractivity (Wildman–Crippen MR) is 84.1 cm³/mol. The van der Waals surface area contributed by atoms with Gasteiger partial charge in [0.2, 0.25) is 5.91 Å². The standard InChI is InChI=1S/C15H19NO4S/c1-3-11-5-4-6-12(7-11)14(8-17)21-9-13(15(19)20)16-10(2)18/h3-7,13-14,17H,1,8-9H2,2H3,(H,16,18)(H,19,20)/t13-,14?/m0/s1. The lowest BCUT2D eigenvalue weighted by molar-refractivity contribution is -0.140.